The first-order chi connectivity index (χ1) is 11.3. The van der Waals surface area contributed by atoms with Crippen molar-refractivity contribution in [1.29, 1.82) is 0 Å². The standard InChI is InChI=1S/C20H39NO2/c1-2-3-4-5-6-7-8-9-10-11-12-13-14-15-16-17-18-21-19-20(22)23/h17-18,21H,2-16,19H2,1H3,(H,22,23). The number of hydrogen-bond acceptors (Lipinski definition) is 2. The number of nitrogens with one attached hydrogen (secondary N) is 1. The lowest BCUT2D eigenvalue weighted by atomic mass is 10.0. The summed E-state index contributed by atoms with van der Waals surface area (Å²) in [5.41, 5.74) is 0. The highest BCUT2D eigenvalue weighted by Crippen LogP contribution is 2.13. The number of carboxylic acid groups (broad SMARTS) is 1. The van der Waals surface area contributed by atoms with Crippen LogP contribution in [0.1, 0.15) is 103 Å². The van der Waals surface area contributed by atoms with Crippen molar-refractivity contribution in [2.24, 2.45) is 0 Å². The number of hydrogen-bond donors (Lipinski definition) is 2. The van der Waals surface area contributed by atoms with E-state index in [1.165, 1.54) is 89.9 Å². The van der Waals surface area contributed by atoms with Crippen LogP contribution < -0.4 is 5.32 Å². The van der Waals surface area contributed by atoms with Crippen LogP contribution in [-0.2, 0) is 4.79 Å². The topological polar surface area (TPSA) is 49.3 Å². The van der Waals surface area contributed by atoms with Gasteiger partial charge in [-0.2, -0.15) is 0 Å². The Morgan fingerprint density at radius 2 is 1.22 bits per heavy atom. The van der Waals surface area contributed by atoms with Crippen molar-refractivity contribution >= 4 is 5.97 Å². The molecule has 0 radical (unpaired) electrons. The van der Waals surface area contributed by atoms with Gasteiger partial charge in [0, 0.05) is 0 Å². The van der Waals surface area contributed by atoms with Gasteiger partial charge in [-0.25, -0.2) is 0 Å². The number of unbranched alkanes of at least 4 members (excludes halogenated alkanes) is 14. The largest absolute Gasteiger partial charge is 0.480 e. The maximum Gasteiger partial charge on any atom is 0.322 e. The molecule has 0 aliphatic heterocycles. The third-order valence-electron chi connectivity index (χ3n) is 4.21. The summed E-state index contributed by atoms with van der Waals surface area (Å²) < 4.78 is 0. The first kappa shape index (κ1) is 22.0. The zero-order chi connectivity index (χ0) is 17.0. The van der Waals surface area contributed by atoms with Gasteiger partial charge in [0.1, 0.15) is 6.54 Å². The summed E-state index contributed by atoms with van der Waals surface area (Å²) in [6.45, 7) is 2.28. The Hall–Kier alpha value is -0.990. The fraction of sp³-hybridized carbons (Fsp3) is 0.850. The van der Waals surface area contributed by atoms with Crippen molar-refractivity contribution in [1.82, 2.24) is 5.32 Å². The Balaban J connectivity index is 3.04. The molecule has 0 heterocycles. The Bertz CT molecular complexity index is 277. The first-order valence-electron chi connectivity index (χ1n) is 9.87. The molecule has 0 amide bonds. The Kier molecular flexibility index (Phi) is 18.2. The highest BCUT2D eigenvalue weighted by atomic mass is 16.4. The van der Waals surface area contributed by atoms with Gasteiger partial charge in [0.25, 0.3) is 0 Å². The van der Waals surface area contributed by atoms with E-state index in [9.17, 15) is 4.79 Å². The molecule has 136 valence electrons. The lowest BCUT2D eigenvalue weighted by molar-refractivity contribution is -0.135. The zero-order valence-electron chi connectivity index (χ0n) is 15.3. The van der Waals surface area contributed by atoms with Crippen LogP contribution in [0.2, 0.25) is 0 Å². The van der Waals surface area contributed by atoms with E-state index < -0.39 is 5.97 Å². The van der Waals surface area contributed by atoms with Crippen LogP contribution in [0.5, 0.6) is 0 Å². The van der Waals surface area contributed by atoms with Crippen LogP contribution in [0, 0.1) is 0 Å². The fourth-order valence-corrected chi connectivity index (χ4v) is 2.77. The molecule has 2 N–H and O–H groups in total. The number of carboxylic acids is 1. The molecule has 0 unspecified atom stereocenters. The van der Waals surface area contributed by atoms with Gasteiger partial charge in [-0.1, -0.05) is 96.5 Å². The lowest BCUT2D eigenvalue weighted by Crippen LogP contribution is -2.16. The number of allylic oxidation sites excluding steroid dienone is 1. The Labute approximate surface area is 143 Å². The summed E-state index contributed by atoms with van der Waals surface area (Å²) >= 11 is 0. The van der Waals surface area contributed by atoms with E-state index in [1.807, 2.05) is 6.08 Å². The molecular formula is C20H39NO2. The molecule has 0 bridgehead atoms. The molecule has 3 heteroatoms. The Morgan fingerprint density at radius 1 is 0.783 bits per heavy atom. The van der Waals surface area contributed by atoms with Crippen molar-refractivity contribution in [3.63, 3.8) is 0 Å². The van der Waals surface area contributed by atoms with Crippen LogP contribution in [0.25, 0.3) is 0 Å². The predicted octanol–water partition coefficient (Wildman–Crippen LogP) is 6.05. The summed E-state index contributed by atoms with van der Waals surface area (Å²) in [7, 11) is 0. The van der Waals surface area contributed by atoms with Crippen molar-refractivity contribution in [2.45, 2.75) is 103 Å². The van der Waals surface area contributed by atoms with Gasteiger partial charge in [0.2, 0.25) is 0 Å². The molecule has 0 aromatic heterocycles. The number of rotatable bonds is 18. The second-order valence-electron chi connectivity index (χ2n) is 6.56. The SMILES string of the molecule is CCCCCCCCCCCCCCCCC=CNCC(=O)O. The molecule has 23 heavy (non-hydrogen) atoms. The normalized spacial score (nSPS) is 11.2. The summed E-state index contributed by atoms with van der Waals surface area (Å²) in [5, 5.41) is 11.2. The molecule has 3 nitrogen and oxygen atoms in total. The minimum atomic E-state index is -0.814. The van der Waals surface area contributed by atoms with Crippen molar-refractivity contribution in [2.75, 3.05) is 6.54 Å². The lowest BCUT2D eigenvalue weighted by Gasteiger charge is -2.02. The predicted molar refractivity (Wildman–Crippen MR) is 99.7 cm³/mol. The molecule has 0 atom stereocenters. The molecule has 0 aromatic rings. The van der Waals surface area contributed by atoms with Gasteiger partial charge >= 0.3 is 5.97 Å². The van der Waals surface area contributed by atoms with Gasteiger partial charge in [0.05, 0.1) is 0 Å². The number of aliphatic carboxylic acids is 1. The van der Waals surface area contributed by atoms with Gasteiger partial charge < -0.3 is 10.4 Å². The van der Waals surface area contributed by atoms with E-state index in [0.29, 0.717) is 0 Å². The minimum absolute atomic E-state index is 0.00917. The molecule has 0 fully saturated rings. The quantitative estimate of drug-likeness (QED) is 0.302. The third kappa shape index (κ3) is 21.0. The van der Waals surface area contributed by atoms with Gasteiger partial charge in [-0.05, 0) is 19.0 Å². The van der Waals surface area contributed by atoms with E-state index in [2.05, 4.69) is 12.2 Å². The van der Waals surface area contributed by atoms with Crippen LogP contribution in [0.4, 0.5) is 0 Å². The summed E-state index contributed by atoms with van der Waals surface area (Å²) in [6.07, 6.45) is 24.2. The average Bonchev–Trinajstić information content (AvgIpc) is 2.53. The second-order valence-corrected chi connectivity index (χ2v) is 6.56. The summed E-state index contributed by atoms with van der Waals surface area (Å²) in [5.74, 6) is -0.814. The van der Waals surface area contributed by atoms with E-state index in [-0.39, 0.29) is 6.54 Å². The van der Waals surface area contributed by atoms with Crippen molar-refractivity contribution in [3.8, 4) is 0 Å². The molecule has 0 aromatic carbocycles. The average molecular weight is 326 g/mol. The summed E-state index contributed by atoms with van der Waals surface area (Å²) in [6, 6.07) is 0. The van der Waals surface area contributed by atoms with Crippen LogP contribution >= 0.6 is 0 Å². The summed E-state index contributed by atoms with van der Waals surface area (Å²) in [4.78, 5) is 10.3. The molecule has 0 rings (SSSR count). The van der Waals surface area contributed by atoms with Crippen LogP contribution in [-0.4, -0.2) is 17.6 Å². The van der Waals surface area contributed by atoms with Gasteiger partial charge in [0.15, 0.2) is 0 Å². The molecular weight excluding hydrogens is 286 g/mol. The highest BCUT2D eigenvalue weighted by molar-refractivity contribution is 5.69. The third-order valence-corrected chi connectivity index (χ3v) is 4.21. The maximum atomic E-state index is 10.3. The zero-order valence-corrected chi connectivity index (χ0v) is 15.3. The first-order valence-corrected chi connectivity index (χ1v) is 9.87. The molecule has 0 aliphatic carbocycles. The van der Waals surface area contributed by atoms with E-state index in [4.69, 9.17) is 5.11 Å². The monoisotopic (exact) mass is 325 g/mol. The Morgan fingerprint density at radius 3 is 1.65 bits per heavy atom. The van der Waals surface area contributed by atoms with Crippen LogP contribution in [0.15, 0.2) is 12.3 Å². The fourth-order valence-electron chi connectivity index (χ4n) is 2.77. The van der Waals surface area contributed by atoms with E-state index in [0.717, 1.165) is 6.42 Å². The molecule has 0 aliphatic rings. The highest BCUT2D eigenvalue weighted by Gasteiger charge is 1.94. The second kappa shape index (κ2) is 19.1. The van der Waals surface area contributed by atoms with Crippen molar-refractivity contribution in [3.05, 3.63) is 12.3 Å². The minimum Gasteiger partial charge on any atom is -0.480 e. The van der Waals surface area contributed by atoms with Gasteiger partial charge in [-0.15, -0.1) is 0 Å². The van der Waals surface area contributed by atoms with Crippen LogP contribution in [0.3, 0.4) is 0 Å². The number of carbonyl (C=O) groups is 1. The van der Waals surface area contributed by atoms with Crippen molar-refractivity contribution < 1.29 is 9.90 Å². The van der Waals surface area contributed by atoms with E-state index >= 15 is 0 Å². The molecule has 0 spiro atoms. The van der Waals surface area contributed by atoms with E-state index in [1.54, 1.807) is 6.20 Å². The maximum absolute atomic E-state index is 10.3. The molecule has 0 saturated carbocycles. The molecule has 0 saturated heterocycles. The smallest absolute Gasteiger partial charge is 0.322 e. The van der Waals surface area contributed by atoms with Gasteiger partial charge in [-0.3, -0.25) is 4.79 Å².